The molecule has 0 aliphatic heterocycles. The van der Waals surface area contributed by atoms with Crippen molar-refractivity contribution >= 4 is 37.7 Å². The van der Waals surface area contributed by atoms with Crippen molar-refractivity contribution in [1.29, 1.82) is 0 Å². The standard InChI is InChI=1S/C18H12BrN/c19-16-11-13(12-6-2-1-3-7-12)10-15-14-8-4-5-9-17(14)20-18(15)16/h1-11,20H. The number of benzene rings is 3. The predicted molar refractivity (Wildman–Crippen MR) is 88.9 cm³/mol. The molecule has 2 heteroatoms. The lowest BCUT2D eigenvalue weighted by molar-refractivity contribution is 1.52. The minimum atomic E-state index is 1.10. The molecular formula is C18H12BrN. The number of H-pyrrole nitrogens is 1. The lowest BCUT2D eigenvalue weighted by atomic mass is 10.0. The Labute approximate surface area is 125 Å². The number of halogens is 1. The van der Waals surface area contributed by atoms with E-state index in [0.717, 1.165) is 9.99 Å². The van der Waals surface area contributed by atoms with Gasteiger partial charge in [0.2, 0.25) is 0 Å². The average molecular weight is 322 g/mol. The van der Waals surface area contributed by atoms with Crippen molar-refractivity contribution in [2.45, 2.75) is 0 Å². The summed E-state index contributed by atoms with van der Waals surface area (Å²) in [6.07, 6.45) is 0. The summed E-state index contributed by atoms with van der Waals surface area (Å²) in [6.45, 7) is 0. The molecule has 0 aliphatic carbocycles. The molecule has 0 amide bonds. The number of hydrogen-bond donors (Lipinski definition) is 1. The van der Waals surface area contributed by atoms with E-state index >= 15 is 0 Å². The van der Waals surface area contributed by atoms with Gasteiger partial charge in [-0.1, -0.05) is 48.5 Å². The summed E-state index contributed by atoms with van der Waals surface area (Å²) in [5.41, 5.74) is 4.80. The highest BCUT2D eigenvalue weighted by Crippen LogP contribution is 2.34. The van der Waals surface area contributed by atoms with Gasteiger partial charge in [-0.05, 0) is 45.3 Å². The normalized spacial score (nSPS) is 11.2. The van der Waals surface area contributed by atoms with Gasteiger partial charge in [0, 0.05) is 20.8 Å². The van der Waals surface area contributed by atoms with Crippen LogP contribution in [0.1, 0.15) is 0 Å². The number of para-hydroxylation sites is 1. The Morgan fingerprint density at radius 3 is 2.30 bits per heavy atom. The van der Waals surface area contributed by atoms with Crippen LogP contribution in [0, 0.1) is 0 Å². The molecule has 0 atom stereocenters. The summed E-state index contributed by atoms with van der Waals surface area (Å²) in [4.78, 5) is 3.48. The van der Waals surface area contributed by atoms with E-state index in [1.807, 2.05) is 6.07 Å². The summed E-state index contributed by atoms with van der Waals surface area (Å²) in [6, 6.07) is 23.3. The van der Waals surface area contributed by atoms with Gasteiger partial charge in [0.1, 0.15) is 0 Å². The largest absolute Gasteiger partial charge is 0.354 e. The SMILES string of the molecule is Brc1cc(-c2ccccc2)cc2c1[nH]c1ccccc12. The molecule has 4 rings (SSSR count). The Kier molecular flexibility index (Phi) is 2.64. The number of nitrogens with one attached hydrogen (secondary N) is 1. The van der Waals surface area contributed by atoms with Gasteiger partial charge in [0.15, 0.2) is 0 Å². The first-order chi connectivity index (χ1) is 9.83. The highest BCUT2D eigenvalue weighted by molar-refractivity contribution is 9.10. The number of aromatic nitrogens is 1. The van der Waals surface area contributed by atoms with Crippen LogP contribution in [0.15, 0.2) is 71.2 Å². The number of aromatic amines is 1. The third kappa shape index (κ3) is 1.76. The Morgan fingerprint density at radius 2 is 1.45 bits per heavy atom. The molecule has 1 heterocycles. The minimum Gasteiger partial charge on any atom is -0.354 e. The zero-order valence-electron chi connectivity index (χ0n) is 10.7. The van der Waals surface area contributed by atoms with E-state index in [0.29, 0.717) is 0 Å². The molecule has 0 saturated carbocycles. The maximum absolute atomic E-state index is 3.69. The Morgan fingerprint density at radius 1 is 0.700 bits per heavy atom. The highest BCUT2D eigenvalue weighted by Gasteiger charge is 2.09. The second-order valence-electron chi connectivity index (χ2n) is 4.92. The number of fused-ring (bicyclic) bond motifs is 3. The van der Waals surface area contributed by atoms with Crippen LogP contribution < -0.4 is 0 Å². The van der Waals surface area contributed by atoms with Crippen LogP contribution in [0.25, 0.3) is 32.9 Å². The Hall–Kier alpha value is -2.06. The Balaban J connectivity index is 2.08. The van der Waals surface area contributed by atoms with E-state index < -0.39 is 0 Å². The van der Waals surface area contributed by atoms with Crippen molar-refractivity contribution in [1.82, 2.24) is 4.98 Å². The Bertz CT molecular complexity index is 907. The first kappa shape index (κ1) is 11.7. The molecule has 0 aliphatic rings. The molecule has 3 aromatic carbocycles. The van der Waals surface area contributed by atoms with Gasteiger partial charge < -0.3 is 4.98 Å². The third-order valence-electron chi connectivity index (χ3n) is 3.67. The summed E-state index contributed by atoms with van der Waals surface area (Å²) >= 11 is 3.69. The van der Waals surface area contributed by atoms with Gasteiger partial charge in [-0.25, -0.2) is 0 Å². The molecule has 96 valence electrons. The molecule has 0 unspecified atom stereocenters. The molecule has 0 saturated heterocycles. The zero-order valence-corrected chi connectivity index (χ0v) is 12.3. The third-order valence-corrected chi connectivity index (χ3v) is 4.30. The summed E-state index contributed by atoms with van der Waals surface area (Å²) in [7, 11) is 0. The molecule has 1 N–H and O–H groups in total. The van der Waals surface area contributed by atoms with Crippen molar-refractivity contribution in [2.75, 3.05) is 0 Å². The van der Waals surface area contributed by atoms with Gasteiger partial charge in [-0.2, -0.15) is 0 Å². The first-order valence-corrected chi connectivity index (χ1v) is 7.37. The van der Waals surface area contributed by atoms with E-state index in [4.69, 9.17) is 0 Å². The topological polar surface area (TPSA) is 15.8 Å². The molecule has 0 bridgehead atoms. The van der Waals surface area contributed by atoms with Crippen LogP contribution >= 0.6 is 15.9 Å². The van der Waals surface area contributed by atoms with Crippen LogP contribution in [-0.4, -0.2) is 4.98 Å². The number of rotatable bonds is 1. The van der Waals surface area contributed by atoms with Crippen molar-refractivity contribution < 1.29 is 0 Å². The van der Waals surface area contributed by atoms with Crippen LogP contribution in [0.5, 0.6) is 0 Å². The van der Waals surface area contributed by atoms with Crippen LogP contribution in [-0.2, 0) is 0 Å². The van der Waals surface area contributed by atoms with Crippen molar-refractivity contribution in [2.24, 2.45) is 0 Å². The highest BCUT2D eigenvalue weighted by atomic mass is 79.9. The lowest BCUT2D eigenvalue weighted by Gasteiger charge is -2.04. The molecule has 20 heavy (non-hydrogen) atoms. The van der Waals surface area contributed by atoms with E-state index in [1.54, 1.807) is 0 Å². The maximum atomic E-state index is 3.69. The van der Waals surface area contributed by atoms with Crippen LogP contribution in [0.3, 0.4) is 0 Å². The van der Waals surface area contributed by atoms with Gasteiger partial charge in [-0.15, -0.1) is 0 Å². The monoisotopic (exact) mass is 321 g/mol. The molecule has 1 nitrogen and oxygen atoms in total. The smallest absolute Gasteiger partial charge is 0.0609 e. The molecule has 0 fully saturated rings. The zero-order chi connectivity index (χ0) is 13.5. The fourth-order valence-electron chi connectivity index (χ4n) is 2.71. The molecule has 4 aromatic rings. The minimum absolute atomic E-state index is 1.10. The molecule has 0 radical (unpaired) electrons. The quantitative estimate of drug-likeness (QED) is 0.459. The fourth-order valence-corrected chi connectivity index (χ4v) is 3.26. The van der Waals surface area contributed by atoms with Gasteiger partial charge in [0.05, 0.1) is 5.52 Å². The van der Waals surface area contributed by atoms with Gasteiger partial charge in [-0.3, -0.25) is 0 Å². The summed E-state index contributed by atoms with van der Waals surface area (Å²) in [5.74, 6) is 0. The van der Waals surface area contributed by atoms with Crippen LogP contribution in [0.4, 0.5) is 0 Å². The second kappa shape index (κ2) is 4.50. The number of hydrogen-bond acceptors (Lipinski definition) is 0. The first-order valence-electron chi connectivity index (χ1n) is 6.58. The fraction of sp³-hybridized carbons (Fsp3) is 0. The molecule has 1 aromatic heterocycles. The van der Waals surface area contributed by atoms with E-state index in [2.05, 4.69) is 81.6 Å². The molecule has 0 spiro atoms. The maximum Gasteiger partial charge on any atom is 0.0609 e. The van der Waals surface area contributed by atoms with Crippen LogP contribution in [0.2, 0.25) is 0 Å². The van der Waals surface area contributed by atoms with E-state index in [9.17, 15) is 0 Å². The van der Waals surface area contributed by atoms with E-state index in [1.165, 1.54) is 27.4 Å². The van der Waals surface area contributed by atoms with E-state index in [-0.39, 0.29) is 0 Å². The lowest BCUT2D eigenvalue weighted by Crippen LogP contribution is -1.79. The molecular weight excluding hydrogens is 310 g/mol. The summed E-state index contributed by atoms with van der Waals surface area (Å²) in [5, 5.41) is 2.52. The average Bonchev–Trinajstić information content (AvgIpc) is 2.88. The van der Waals surface area contributed by atoms with Crippen molar-refractivity contribution in [3.8, 4) is 11.1 Å². The second-order valence-corrected chi connectivity index (χ2v) is 5.77. The predicted octanol–water partition coefficient (Wildman–Crippen LogP) is 5.75. The van der Waals surface area contributed by atoms with Gasteiger partial charge >= 0.3 is 0 Å². The van der Waals surface area contributed by atoms with Crippen molar-refractivity contribution in [3.63, 3.8) is 0 Å². The van der Waals surface area contributed by atoms with Crippen molar-refractivity contribution in [3.05, 3.63) is 71.2 Å². The van der Waals surface area contributed by atoms with Gasteiger partial charge in [0.25, 0.3) is 0 Å². The summed E-state index contributed by atoms with van der Waals surface area (Å²) < 4.78 is 1.10.